The highest BCUT2D eigenvalue weighted by atomic mass is 19.1. The molecule has 1 heterocycles. The number of rotatable bonds is 6. The van der Waals surface area contributed by atoms with Crippen LogP contribution in [0.1, 0.15) is 21.7 Å². The molecule has 1 N–H and O–H groups in total. The van der Waals surface area contributed by atoms with Crippen LogP contribution in [0.2, 0.25) is 0 Å². The molecule has 6 heteroatoms. The minimum atomic E-state index is -0.577. The summed E-state index contributed by atoms with van der Waals surface area (Å²) in [4.78, 5) is 34.2. The molecule has 30 heavy (non-hydrogen) atoms. The summed E-state index contributed by atoms with van der Waals surface area (Å²) in [5.74, 6) is -0.663. The van der Waals surface area contributed by atoms with Gasteiger partial charge in [-0.2, -0.15) is 0 Å². The van der Waals surface area contributed by atoms with Crippen molar-refractivity contribution in [1.29, 1.82) is 0 Å². The van der Waals surface area contributed by atoms with Gasteiger partial charge in [0.2, 0.25) is 0 Å². The van der Waals surface area contributed by atoms with Crippen molar-refractivity contribution in [3.63, 3.8) is 0 Å². The summed E-state index contributed by atoms with van der Waals surface area (Å²) in [6.45, 7) is 0.424. The van der Waals surface area contributed by atoms with Crippen molar-refractivity contribution in [3.05, 3.63) is 112 Å². The van der Waals surface area contributed by atoms with Crippen molar-refractivity contribution < 1.29 is 9.18 Å². The molecule has 3 aromatic carbocycles. The van der Waals surface area contributed by atoms with Crippen LogP contribution in [0.3, 0.4) is 0 Å². The van der Waals surface area contributed by atoms with Gasteiger partial charge in [0, 0.05) is 6.54 Å². The fourth-order valence-electron chi connectivity index (χ4n) is 3.36. The number of carbonyl (C=O) groups excluding carboxylic acids is 1. The molecule has 4 aromatic rings. The molecular weight excluding hydrogens is 381 g/mol. The smallest absolute Gasteiger partial charge is 0.258 e. The van der Waals surface area contributed by atoms with Gasteiger partial charge in [0.25, 0.3) is 11.5 Å². The molecule has 4 rings (SSSR count). The normalized spacial score (nSPS) is 10.8. The fourth-order valence-corrected chi connectivity index (χ4v) is 3.36. The Morgan fingerprint density at radius 1 is 0.933 bits per heavy atom. The molecule has 0 atom stereocenters. The van der Waals surface area contributed by atoms with E-state index in [1.807, 2.05) is 30.3 Å². The predicted octanol–water partition coefficient (Wildman–Crippen LogP) is 3.95. The quantitative estimate of drug-likeness (QED) is 0.532. The lowest BCUT2D eigenvalue weighted by atomic mass is 10.1. The van der Waals surface area contributed by atoms with Crippen molar-refractivity contribution in [2.24, 2.45) is 0 Å². The molecule has 0 unspecified atom stereocenters. The summed E-state index contributed by atoms with van der Waals surface area (Å²) in [5, 5.41) is 0.484. The summed E-state index contributed by atoms with van der Waals surface area (Å²) in [5.41, 5.74) is 1.34. The third-order valence-corrected chi connectivity index (χ3v) is 4.91. The zero-order chi connectivity index (χ0) is 20.9. The van der Waals surface area contributed by atoms with Crippen LogP contribution in [0.15, 0.2) is 83.7 Å². The van der Waals surface area contributed by atoms with Gasteiger partial charge in [-0.25, -0.2) is 9.37 Å². The summed E-state index contributed by atoms with van der Waals surface area (Å²) < 4.78 is 14.3. The Labute approximate surface area is 172 Å². The molecule has 0 spiro atoms. The number of aromatic nitrogens is 2. The fraction of sp³-hybridized carbons (Fsp3) is 0.125. The molecule has 1 amide bonds. The Kier molecular flexibility index (Phi) is 5.66. The minimum Gasteiger partial charge on any atom is -0.331 e. The second kappa shape index (κ2) is 8.69. The van der Waals surface area contributed by atoms with Crippen molar-refractivity contribution in [2.75, 3.05) is 6.54 Å². The molecule has 0 aliphatic carbocycles. The Bertz CT molecular complexity index is 1240. The number of nitrogens with zero attached hydrogens (tertiary/aromatic N) is 2. The zero-order valence-electron chi connectivity index (χ0n) is 16.2. The van der Waals surface area contributed by atoms with Crippen LogP contribution >= 0.6 is 0 Å². The number of aromatic amines is 1. The lowest BCUT2D eigenvalue weighted by molar-refractivity contribution is 0.0736. The van der Waals surface area contributed by atoms with Crippen LogP contribution in [0.5, 0.6) is 0 Å². The molecule has 0 saturated heterocycles. The molecule has 0 radical (unpaired) electrons. The number of fused-ring (bicyclic) bond motifs is 1. The van der Waals surface area contributed by atoms with E-state index in [-0.39, 0.29) is 17.7 Å². The van der Waals surface area contributed by atoms with Crippen LogP contribution in [0.4, 0.5) is 4.39 Å². The van der Waals surface area contributed by atoms with E-state index in [9.17, 15) is 14.0 Å². The van der Waals surface area contributed by atoms with Gasteiger partial charge in [-0.3, -0.25) is 9.59 Å². The van der Waals surface area contributed by atoms with Crippen molar-refractivity contribution in [3.8, 4) is 0 Å². The summed E-state index contributed by atoms with van der Waals surface area (Å²) in [6, 6.07) is 22.7. The van der Waals surface area contributed by atoms with Gasteiger partial charge in [0.15, 0.2) is 0 Å². The van der Waals surface area contributed by atoms with Gasteiger partial charge in [-0.05, 0) is 36.2 Å². The van der Waals surface area contributed by atoms with Crippen molar-refractivity contribution in [2.45, 2.75) is 13.0 Å². The predicted molar refractivity (Wildman–Crippen MR) is 114 cm³/mol. The SMILES string of the molecule is O=C(c1ccccc1F)N(CCc1ccccc1)Cc1nc2ccccc2c(=O)[nH]1. The van der Waals surface area contributed by atoms with Crippen LogP contribution in [0, 0.1) is 5.82 Å². The molecule has 0 aliphatic heterocycles. The third kappa shape index (κ3) is 4.27. The average Bonchev–Trinajstić information content (AvgIpc) is 2.77. The largest absolute Gasteiger partial charge is 0.331 e. The summed E-state index contributed by atoms with van der Waals surface area (Å²) in [7, 11) is 0. The lowest BCUT2D eigenvalue weighted by Gasteiger charge is -2.23. The standard InChI is InChI=1S/C24H20FN3O2/c25-20-12-6-4-10-18(20)24(30)28(15-14-17-8-2-1-3-9-17)16-22-26-21-13-7-5-11-19(21)23(29)27-22/h1-13H,14-16H2,(H,26,27,29). The number of halogens is 1. The highest BCUT2D eigenvalue weighted by Gasteiger charge is 2.20. The van der Waals surface area contributed by atoms with E-state index in [0.717, 1.165) is 5.56 Å². The van der Waals surface area contributed by atoms with E-state index >= 15 is 0 Å². The van der Waals surface area contributed by atoms with Crippen LogP contribution in [0.25, 0.3) is 10.9 Å². The summed E-state index contributed by atoms with van der Waals surface area (Å²) in [6.07, 6.45) is 0.596. The molecule has 150 valence electrons. The molecule has 0 fully saturated rings. The first kappa shape index (κ1) is 19.5. The van der Waals surface area contributed by atoms with Gasteiger partial charge in [-0.1, -0.05) is 54.6 Å². The van der Waals surface area contributed by atoms with Gasteiger partial charge >= 0.3 is 0 Å². The lowest BCUT2D eigenvalue weighted by Crippen LogP contribution is -2.34. The molecule has 1 aromatic heterocycles. The van der Waals surface area contributed by atoms with Crippen LogP contribution < -0.4 is 5.56 Å². The number of hydrogen-bond donors (Lipinski definition) is 1. The average molecular weight is 401 g/mol. The van der Waals surface area contributed by atoms with Crippen LogP contribution in [-0.4, -0.2) is 27.3 Å². The monoisotopic (exact) mass is 401 g/mol. The first-order valence-electron chi connectivity index (χ1n) is 9.67. The van der Waals surface area contributed by atoms with Gasteiger partial charge in [0.1, 0.15) is 11.6 Å². The Morgan fingerprint density at radius 3 is 2.43 bits per heavy atom. The van der Waals surface area contributed by atoms with E-state index < -0.39 is 11.7 Å². The minimum absolute atomic E-state index is 0.00584. The maximum atomic E-state index is 14.3. The first-order chi connectivity index (χ1) is 14.6. The molecule has 5 nitrogen and oxygen atoms in total. The molecule has 0 bridgehead atoms. The van der Waals surface area contributed by atoms with Gasteiger partial charge < -0.3 is 9.88 Å². The maximum Gasteiger partial charge on any atom is 0.258 e. The Hall–Kier alpha value is -3.80. The van der Waals surface area contributed by atoms with Gasteiger partial charge in [0.05, 0.1) is 23.0 Å². The highest BCUT2D eigenvalue weighted by Crippen LogP contribution is 2.14. The molecule has 0 saturated carbocycles. The number of H-pyrrole nitrogens is 1. The number of amides is 1. The van der Waals surface area contributed by atoms with E-state index in [0.29, 0.717) is 29.7 Å². The second-order valence-corrected chi connectivity index (χ2v) is 6.97. The number of nitrogens with one attached hydrogen (secondary N) is 1. The zero-order valence-corrected chi connectivity index (χ0v) is 16.2. The van der Waals surface area contributed by atoms with Gasteiger partial charge in [-0.15, -0.1) is 0 Å². The van der Waals surface area contributed by atoms with E-state index in [1.54, 1.807) is 36.4 Å². The molecular formula is C24H20FN3O2. The molecule has 0 aliphatic rings. The second-order valence-electron chi connectivity index (χ2n) is 6.97. The maximum absolute atomic E-state index is 14.3. The summed E-state index contributed by atoms with van der Waals surface area (Å²) >= 11 is 0. The Morgan fingerprint density at radius 2 is 1.63 bits per heavy atom. The number of hydrogen-bond acceptors (Lipinski definition) is 3. The number of para-hydroxylation sites is 1. The number of carbonyl (C=O) groups is 1. The number of benzene rings is 3. The topological polar surface area (TPSA) is 66.1 Å². The van der Waals surface area contributed by atoms with Crippen molar-refractivity contribution in [1.82, 2.24) is 14.9 Å². The van der Waals surface area contributed by atoms with E-state index in [2.05, 4.69) is 9.97 Å². The van der Waals surface area contributed by atoms with Crippen LogP contribution in [-0.2, 0) is 13.0 Å². The van der Waals surface area contributed by atoms with E-state index in [1.165, 1.54) is 17.0 Å². The Balaban J connectivity index is 1.65. The van der Waals surface area contributed by atoms with Crippen molar-refractivity contribution >= 4 is 16.8 Å². The third-order valence-electron chi connectivity index (χ3n) is 4.91. The van der Waals surface area contributed by atoms with E-state index in [4.69, 9.17) is 0 Å². The first-order valence-corrected chi connectivity index (χ1v) is 9.67. The highest BCUT2D eigenvalue weighted by molar-refractivity contribution is 5.94.